The highest BCUT2D eigenvalue weighted by molar-refractivity contribution is 7.89. The molecular weight excluding hydrogens is 298 g/mol. The lowest BCUT2D eigenvalue weighted by molar-refractivity contribution is -0.137. The lowest BCUT2D eigenvalue weighted by Crippen LogP contribution is -2.29. The van der Waals surface area contributed by atoms with Crippen LogP contribution >= 0.6 is 0 Å². The number of hydrogen-bond acceptors (Lipinski definition) is 5. The molecule has 0 fully saturated rings. The zero-order valence-electron chi connectivity index (χ0n) is 12.1. The largest absolute Gasteiger partial charge is 0.497 e. The van der Waals surface area contributed by atoms with Gasteiger partial charge < -0.3 is 14.6 Å². The smallest absolute Gasteiger partial charge is 0.303 e. The number of benzene rings is 1. The molecule has 0 heterocycles. The number of carbonyl (C=O) groups is 1. The van der Waals surface area contributed by atoms with Gasteiger partial charge in [0.2, 0.25) is 10.0 Å². The second kappa shape index (κ2) is 7.28. The fourth-order valence-electron chi connectivity index (χ4n) is 1.70. The molecule has 0 spiro atoms. The summed E-state index contributed by atoms with van der Waals surface area (Å²) in [6.07, 6.45) is -0.109. The molecule has 0 aliphatic heterocycles. The Morgan fingerprint density at radius 1 is 1.33 bits per heavy atom. The number of carboxylic acids is 1. The molecule has 1 unspecified atom stereocenters. The maximum atomic E-state index is 12.2. The second-order valence-electron chi connectivity index (χ2n) is 4.57. The molecule has 0 saturated heterocycles. The third-order valence-corrected chi connectivity index (χ3v) is 4.27. The van der Waals surface area contributed by atoms with Crippen molar-refractivity contribution < 1.29 is 27.8 Å². The molecule has 0 radical (unpaired) electrons. The van der Waals surface area contributed by atoms with E-state index in [1.807, 2.05) is 0 Å². The van der Waals surface area contributed by atoms with E-state index in [4.69, 9.17) is 14.6 Å². The summed E-state index contributed by atoms with van der Waals surface area (Å²) in [4.78, 5) is 10.5. The number of carboxylic acid groups (broad SMARTS) is 1. The Kier molecular flexibility index (Phi) is 5.98. The van der Waals surface area contributed by atoms with E-state index >= 15 is 0 Å². The molecule has 0 saturated carbocycles. The molecule has 1 rings (SSSR count). The van der Waals surface area contributed by atoms with E-state index < -0.39 is 16.0 Å². The first-order valence-corrected chi connectivity index (χ1v) is 7.72. The van der Waals surface area contributed by atoms with Crippen LogP contribution in [0.4, 0.5) is 0 Å². The minimum Gasteiger partial charge on any atom is -0.497 e. The van der Waals surface area contributed by atoms with Gasteiger partial charge in [-0.15, -0.1) is 0 Å². The molecule has 0 amide bonds. The number of hydrogen-bond donors (Lipinski definition) is 2. The highest BCUT2D eigenvalue weighted by Gasteiger charge is 2.21. The van der Waals surface area contributed by atoms with Crippen LogP contribution in [0.2, 0.25) is 0 Å². The number of nitrogens with one attached hydrogen (secondary N) is 1. The topological polar surface area (TPSA) is 102 Å². The third-order valence-electron chi connectivity index (χ3n) is 2.81. The third kappa shape index (κ3) is 4.91. The van der Waals surface area contributed by atoms with Crippen LogP contribution < -0.4 is 14.2 Å². The SMILES string of the molecule is COc1ccc(S(=O)(=O)NCC(C)CC(=O)O)c(OC)c1. The zero-order valence-corrected chi connectivity index (χ0v) is 12.9. The number of aliphatic carboxylic acids is 1. The van der Waals surface area contributed by atoms with E-state index in [9.17, 15) is 13.2 Å². The van der Waals surface area contributed by atoms with Crippen LogP contribution in [0.3, 0.4) is 0 Å². The van der Waals surface area contributed by atoms with Crippen molar-refractivity contribution >= 4 is 16.0 Å². The predicted molar refractivity (Wildman–Crippen MR) is 76.2 cm³/mol. The van der Waals surface area contributed by atoms with Gasteiger partial charge in [-0.05, 0) is 18.1 Å². The van der Waals surface area contributed by atoms with E-state index in [0.29, 0.717) is 5.75 Å². The summed E-state index contributed by atoms with van der Waals surface area (Å²) in [5.41, 5.74) is 0. The highest BCUT2D eigenvalue weighted by atomic mass is 32.2. The molecule has 1 aromatic carbocycles. The lowest BCUT2D eigenvalue weighted by atomic mass is 10.1. The Morgan fingerprint density at radius 3 is 2.52 bits per heavy atom. The van der Waals surface area contributed by atoms with E-state index in [-0.39, 0.29) is 29.5 Å². The summed E-state index contributed by atoms with van der Waals surface area (Å²) in [6.45, 7) is 1.69. The van der Waals surface area contributed by atoms with Crippen molar-refractivity contribution in [2.24, 2.45) is 5.92 Å². The van der Waals surface area contributed by atoms with Crippen LogP contribution in [-0.4, -0.2) is 40.3 Å². The number of ether oxygens (including phenoxy) is 2. The first kappa shape index (κ1) is 17.3. The number of sulfonamides is 1. The number of methoxy groups -OCH3 is 2. The van der Waals surface area contributed by atoms with Crippen molar-refractivity contribution in [2.45, 2.75) is 18.2 Å². The molecule has 2 N–H and O–H groups in total. The molecule has 0 aliphatic carbocycles. The fraction of sp³-hybridized carbons (Fsp3) is 0.462. The summed E-state index contributed by atoms with van der Waals surface area (Å²) >= 11 is 0. The van der Waals surface area contributed by atoms with Crippen LogP contribution in [0.15, 0.2) is 23.1 Å². The molecule has 0 aromatic heterocycles. The zero-order chi connectivity index (χ0) is 16.0. The molecule has 1 atom stereocenters. The minimum atomic E-state index is -3.78. The van der Waals surface area contributed by atoms with Gasteiger partial charge in [0.1, 0.15) is 16.4 Å². The Labute approximate surface area is 123 Å². The van der Waals surface area contributed by atoms with Gasteiger partial charge in [-0.2, -0.15) is 0 Å². The molecule has 8 heteroatoms. The highest BCUT2D eigenvalue weighted by Crippen LogP contribution is 2.28. The van der Waals surface area contributed by atoms with Gasteiger partial charge in [0.15, 0.2) is 0 Å². The Hall–Kier alpha value is -1.80. The molecule has 7 nitrogen and oxygen atoms in total. The van der Waals surface area contributed by atoms with Crippen molar-refractivity contribution in [1.82, 2.24) is 4.72 Å². The monoisotopic (exact) mass is 317 g/mol. The van der Waals surface area contributed by atoms with Crippen LogP contribution in [0.25, 0.3) is 0 Å². The van der Waals surface area contributed by atoms with Gasteiger partial charge in [0.05, 0.1) is 14.2 Å². The Morgan fingerprint density at radius 2 is 2.00 bits per heavy atom. The molecule has 1 aromatic rings. The standard InChI is InChI=1S/C13H19NO6S/c1-9(6-13(15)16)8-14-21(17,18)12-5-4-10(19-2)7-11(12)20-3/h4-5,7,9,14H,6,8H2,1-3H3,(H,15,16). The van der Waals surface area contributed by atoms with E-state index in [0.717, 1.165) is 0 Å². The molecule has 0 bridgehead atoms. The van der Waals surface area contributed by atoms with Crippen molar-refractivity contribution in [2.75, 3.05) is 20.8 Å². The molecule has 0 aliphatic rings. The Bertz CT molecular complexity index is 599. The van der Waals surface area contributed by atoms with Gasteiger partial charge >= 0.3 is 5.97 Å². The van der Waals surface area contributed by atoms with Crippen LogP contribution in [-0.2, 0) is 14.8 Å². The van der Waals surface area contributed by atoms with Crippen LogP contribution in [0.5, 0.6) is 11.5 Å². The quantitative estimate of drug-likeness (QED) is 0.744. The molecular formula is C13H19NO6S. The summed E-state index contributed by atoms with van der Waals surface area (Å²) in [5.74, 6) is -0.650. The normalized spacial score (nSPS) is 12.7. The van der Waals surface area contributed by atoms with Crippen molar-refractivity contribution in [3.8, 4) is 11.5 Å². The maximum absolute atomic E-state index is 12.2. The molecule has 118 valence electrons. The van der Waals surface area contributed by atoms with Crippen molar-refractivity contribution in [1.29, 1.82) is 0 Å². The average molecular weight is 317 g/mol. The van der Waals surface area contributed by atoms with Gasteiger partial charge in [-0.1, -0.05) is 6.92 Å². The van der Waals surface area contributed by atoms with Crippen molar-refractivity contribution in [3.63, 3.8) is 0 Å². The first-order chi connectivity index (χ1) is 9.80. The van der Waals surface area contributed by atoms with Gasteiger partial charge in [0.25, 0.3) is 0 Å². The predicted octanol–water partition coefficient (Wildman–Crippen LogP) is 1.09. The van der Waals surface area contributed by atoms with Gasteiger partial charge in [-0.3, -0.25) is 4.79 Å². The van der Waals surface area contributed by atoms with E-state index in [1.54, 1.807) is 6.92 Å². The lowest BCUT2D eigenvalue weighted by Gasteiger charge is -2.14. The van der Waals surface area contributed by atoms with E-state index in [1.165, 1.54) is 32.4 Å². The molecule has 21 heavy (non-hydrogen) atoms. The summed E-state index contributed by atoms with van der Waals surface area (Å²) in [6, 6.07) is 4.36. The summed E-state index contributed by atoms with van der Waals surface area (Å²) in [7, 11) is -0.953. The Balaban J connectivity index is 2.90. The van der Waals surface area contributed by atoms with Gasteiger partial charge in [0, 0.05) is 19.0 Å². The summed E-state index contributed by atoms with van der Waals surface area (Å²) in [5, 5.41) is 8.66. The minimum absolute atomic E-state index is 0.0201. The second-order valence-corrected chi connectivity index (χ2v) is 6.31. The summed E-state index contributed by atoms with van der Waals surface area (Å²) < 4.78 is 36.9. The van der Waals surface area contributed by atoms with Gasteiger partial charge in [-0.25, -0.2) is 13.1 Å². The van der Waals surface area contributed by atoms with Crippen molar-refractivity contribution in [3.05, 3.63) is 18.2 Å². The number of rotatable bonds is 8. The first-order valence-electron chi connectivity index (χ1n) is 6.23. The van der Waals surface area contributed by atoms with Crippen LogP contribution in [0, 0.1) is 5.92 Å². The average Bonchev–Trinajstić information content (AvgIpc) is 2.43. The maximum Gasteiger partial charge on any atom is 0.303 e. The fourth-order valence-corrected chi connectivity index (χ4v) is 3.01. The van der Waals surface area contributed by atoms with Crippen LogP contribution in [0.1, 0.15) is 13.3 Å². The van der Waals surface area contributed by atoms with E-state index in [2.05, 4.69) is 4.72 Å².